The van der Waals surface area contributed by atoms with Crippen molar-refractivity contribution in [1.29, 1.82) is 0 Å². The Bertz CT molecular complexity index is 194. The normalized spacial score (nSPS) is 16.9. The smallest absolute Gasteiger partial charge is 0.226 e. The molecule has 0 saturated heterocycles. The zero-order chi connectivity index (χ0) is 12.0. The first kappa shape index (κ1) is 14.4. The van der Waals surface area contributed by atoms with Gasteiger partial charge in [0, 0.05) is 12.0 Å². The molecule has 0 aromatic rings. The van der Waals surface area contributed by atoms with E-state index in [-0.39, 0.29) is 17.9 Å². The summed E-state index contributed by atoms with van der Waals surface area (Å²) >= 11 is 0. The van der Waals surface area contributed by atoms with Gasteiger partial charge in [-0.25, -0.2) is 0 Å². The van der Waals surface area contributed by atoms with Crippen LogP contribution in [0.1, 0.15) is 47.5 Å². The molecular weight excluding hydrogens is 188 g/mol. The largest absolute Gasteiger partial charge is 0.327 e. The standard InChI is InChI=1S/C12H26N2O/c1-6-9(3)11(5)12(15)14(8-13)10(4)7-2/h9-11H,6-8,13H2,1-5H3. The zero-order valence-corrected chi connectivity index (χ0v) is 10.8. The summed E-state index contributed by atoms with van der Waals surface area (Å²) in [6, 6.07) is 0.244. The number of carbonyl (C=O) groups is 1. The fraction of sp³-hybridized carbons (Fsp3) is 0.917. The Morgan fingerprint density at radius 3 is 2.07 bits per heavy atom. The summed E-state index contributed by atoms with van der Waals surface area (Å²) in [5.41, 5.74) is 5.63. The Hall–Kier alpha value is -0.570. The van der Waals surface area contributed by atoms with E-state index in [0.717, 1.165) is 12.8 Å². The summed E-state index contributed by atoms with van der Waals surface area (Å²) in [7, 11) is 0. The molecule has 0 bridgehead atoms. The fourth-order valence-corrected chi connectivity index (χ4v) is 1.57. The minimum absolute atomic E-state index is 0.0764. The van der Waals surface area contributed by atoms with Crippen LogP contribution < -0.4 is 5.73 Å². The first-order valence-corrected chi connectivity index (χ1v) is 6.00. The molecule has 0 heterocycles. The molecule has 3 unspecified atom stereocenters. The molecule has 1 amide bonds. The second kappa shape index (κ2) is 6.83. The third-order valence-electron chi connectivity index (χ3n) is 3.49. The summed E-state index contributed by atoms with van der Waals surface area (Å²) in [4.78, 5) is 13.9. The molecule has 2 N–H and O–H groups in total. The maximum absolute atomic E-state index is 12.1. The van der Waals surface area contributed by atoms with Gasteiger partial charge >= 0.3 is 0 Å². The van der Waals surface area contributed by atoms with Crippen LogP contribution in [0.5, 0.6) is 0 Å². The number of carbonyl (C=O) groups excluding carboxylic acids is 1. The number of nitrogens with zero attached hydrogens (tertiary/aromatic N) is 1. The quantitative estimate of drug-likeness (QED) is 0.689. The predicted molar refractivity (Wildman–Crippen MR) is 64.3 cm³/mol. The van der Waals surface area contributed by atoms with Crippen LogP contribution in [0.4, 0.5) is 0 Å². The van der Waals surface area contributed by atoms with Crippen LogP contribution in [0.25, 0.3) is 0 Å². The van der Waals surface area contributed by atoms with Crippen LogP contribution in [-0.4, -0.2) is 23.5 Å². The second-order valence-corrected chi connectivity index (χ2v) is 4.42. The minimum atomic E-state index is 0.0764. The van der Waals surface area contributed by atoms with Crippen molar-refractivity contribution in [2.45, 2.75) is 53.5 Å². The maximum Gasteiger partial charge on any atom is 0.226 e. The van der Waals surface area contributed by atoms with Crippen molar-refractivity contribution in [2.75, 3.05) is 6.67 Å². The average molecular weight is 214 g/mol. The SMILES string of the molecule is CCC(C)C(C)C(=O)N(CN)C(C)CC. The monoisotopic (exact) mass is 214 g/mol. The van der Waals surface area contributed by atoms with Crippen LogP contribution in [-0.2, 0) is 4.79 Å². The van der Waals surface area contributed by atoms with Crippen LogP contribution in [0.15, 0.2) is 0 Å². The highest BCUT2D eigenvalue weighted by atomic mass is 16.2. The molecular formula is C12H26N2O. The third-order valence-corrected chi connectivity index (χ3v) is 3.49. The van der Waals surface area contributed by atoms with E-state index in [1.54, 1.807) is 4.90 Å². The van der Waals surface area contributed by atoms with Crippen molar-refractivity contribution in [1.82, 2.24) is 4.90 Å². The van der Waals surface area contributed by atoms with Gasteiger partial charge in [-0.15, -0.1) is 0 Å². The molecule has 0 radical (unpaired) electrons. The third kappa shape index (κ3) is 3.82. The van der Waals surface area contributed by atoms with Crippen LogP contribution in [0.2, 0.25) is 0 Å². The van der Waals surface area contributed by atoms with E-state index in [4.69, 9.17) is 5.73 Å². The summed E-state index contributed by atoms with van der Waals surface area (Å²) in [6.07, 6.45) is 1.99. The summed E-state index contributed by atoms with van der Waals surface area (Å²) in [6.45, 7) is 10.7. The van der Waals surface area contributed by atoms with Gasteiger partial charge in [0.1, 0.15) is 0 Å². The minimum Gasteiger partial charge on any atom is -0.327 e. The molecule has 3 heteroatoms. The molecule has 0 spiro atoms. The van der Waals surface area contributed by atoms with Gasteiger partial charge in [-0.05, 0) is 19.3 Å². The van der Waals surface area contributed by atoms with Gasteiger partial charge in [0.2, 0.25) is 5.91 Å². The maximum atomic E-state index is 12.1. The number of hydrogen-bond donors (Lipinski definition) is 1. The Kier molecular flexibility index (Phi) is 6.57. The molecule has 0 fully saturated rings. The van der Waals surface area contributed by atoms with E-state index < -0.39 is 0 Å². The molecule has 0 aliphatic rings. The lowest BCUT2D eigenvalue weighted by Gasteiger charge is -2.31. The number of nitrogens with two attached hydrogens (primary N) is 1. The van der Waals surface area contributed by atoms with Crippen molar-refractivity contribution in [2.24, 2.45) is 17.6 Å². The van der Waals surface area contributed by atoms with Crippen molar-refractivity contribution in [3.63, 3.8) is 0 Å². The van der Waals surface area contributed by atoms with Gasteiger partial charge in [-0.3, -0.25) is 4.79 Å². The van der Waals surface area contributed by atoms with E-state index in [1.807, 2.05) is 13.8 Å². The van der Waals surface area contributed by atoms with E-state index >= 15 is 0 Å². The van der Waals surface area contributed by atoms with E-state index in [0.29, 0.717) is 12.6 Å². The summed E-state index contributed by atoms with van der Waals surface area (Å²) in [5, 5.41) is 0. The molecule has 0 saturated carbocycles. The van der Waals surface area contributed by atoms with E-state index in [2.05, 4.69) is 20.8 Å². The lowest BCUT2D eigenvalue weighted by Crippen LogP contribution is -2.45. The number of amides is 1. The fourth-order valence-electron chi connectivity index (χ4n) is 1.57. The van der Waals surface area contributed by atoms with Crippen molar-refractivity contribution >= 4 is 5.91 Å². The molecule has 0 aliphatic heterocycles. The second-order valence-electron chi connectivity index (χ2n) is 4.42. The molecule has 0 aliphatic carbocycles. The van der Waals surface area contributed by atoms with Gasteiger partial charge in [0.05, 0.1) is 6.67 Å². The van der Waals surface area contributed by atoms with Crippen LogP contribution in [0.3, 0.4) is 0 Å². The Morgan fingerprint density at radius 2 is 1.73 bits per heavy atom. The predicted octanol–water partition coefficient (Wildman–Crippen LogP) is 2.21. The molecule has 3 atom stereocenters. The van der Waals surface area contributed by atoms with Gasteiger partial charge in [0.25, 0.3) is 0 Å². The molecule has 0 rings (SSSR count). The van der Waals surface area contributed by atoms with Gasteiger partial charge < -0.3 is 10.6 Å². The number of hydrogen-bond acceptors (Lipinski definition) is 2. The van der Waals surface area contributed by atoms with Crippen molar-refractivity contribution in [3.05, 3.63) is 0 Å². The highest BCUT2D eigenvalue weighted by Gasteiger charge is 2.25. The van der Waals surface area contributed by atoms with Crippen molar-refractivity contribution < 1.29 is 4.79 Å². The highest BCUT2D eigenvalue weighted by molar-refractivity contribution is 5.79. The Morgan fingerprint density at radius 1 is 1.20 bits per heavy atom. The Labute approximate surface area is 94.0 Å². The van der Waals surface area contributed by atoms with Gasteiger partial charge in [-0.1, -0.05) is 34.1 Å². The summed E-state index contributed by atoms with van der Waals surface area (Å²) in [5.74, 6) is 0.698. The van der Waals surface area contributed by atoms with E-state index in [1.165, 1.54) is 0 Å². The van der Waals surface area contributed by atoms with Gasteiger partial charge in [-0.2, -0.15) is 0 Å². The Balaban J connectivity index is 4.50. The summed E-state index contributed by atoms with van der Waals surface area (Å²) < 4.78 is 0. The van der Waals surface area contributed by atoms with Crippen molar-refractivity contribution in [3.8, 4) is 0 Å². The molecule has 15 heavy (non-hydrogen) atoms. The lowest BCUT2D eigenvalue weighted by atomic mass is 9.92. The first-order chi connectivity index (χ1) is 6.99. The molecule has 3 nitrogen and oxygen atoms in total. The molecule has 0 aromatic heterocycles. The van der Waals surface area contributed by atoms with Crippen LogP contribution in [0, 0.1) is 11.8 Å². The average Bonchev–Trinajstić information content (AvgIpc) is 2.27. The highest BCUT2D eigenvalue weighted by Crippen LogP contribution is 2.18. The first-order valence-electron chi connectivity index (χ1n) is 6.00. The molecule has 0 aromatic carbocycles. The van der Waals surface area contributed by atoms with Crippen LogP contribution >= 0.6 is 0 Å². The number of rotatable bonds is 6. The molecule has 90 valence electrons. The van der Waals surface area contributed by atoms with E-state index in [9.17, 15) is 4.79 Å². The zero-order valence-electron chi connectivity index (χ0n) is 10.8. The van der Waals surface area contributed by atoms with Gasteiger partial charge in [0.15, 0.2) is 0 Å². The lowest BCUT2D eigenvalue weighted by molar-refractivity contribution is -0.138. The topological polar surface area (TPSA) is 46.3 Å².